The van der Waals surface area contributed by atoms with Crippen LogP contribution in [0.3, 0.4) is 0 Å². The molecule has 0 atom stereocenters. The van der Waals surface area contributed by atoms with E-state index >= 15 is 0 Å². The minimum absolute atomic E-state index is 0.381. The van der Waals surface area contributed by atoms with Crippen LogP contribution in [-0.4, -0.2) is 32.5 Å². The molecule has 0 amide bonds. The molecular formula is C37H56O4. The van der Waals surface area contributed by atoms with Gasteiger partial charge in [0.1, 0.15) is 17.2 Å². The van der Waals surface area contributed by atoms with Crippen LogP contribution in [-0.2, 0) is 4.74 Å². The van der Waals surface area contributed by atoms with Gasteiger partial charge in [0.2, 0.25) is 0 Å². The molecule has 0 saturated heterocycles. The van der Waals surface area contributed by atoms with E-state index in [0.717, 1.165) is 81.0 Å². The zero-order valence-electron chi connectivity index (χ0n) is 26.0. The molecule has 0 radical (unpaired) electrons. The van der Waals surface area contributed by atoms with E-state index in [4.69, 9.17) is 18.9 Å². The monoisotopic (exact) mass is 564 g/mol. The smallest absolute Gasteiger partial charge is 0.119 e. The first-order valence-electron chi connectivity index (χ1n) is 16.9. The quantitative estimate of drug-likeness (QED) is 0.169. The Balaban J connectivity index is 1.02. The van der Waals surface area contributed by atoms with Crippen molar-refractivity contribution >= 4 is 0 Å². The van der Waals surface area contributed by atoms with Gasteiger partial charge < -0.3 is 18.9 Å². The molecule has 4 rings (SSSR count). The minimum Gasteiger partial charge on any atom is -0.494 e. The molecule has 0 unspecified atom stereocenters. The highest BCUT2D eigenvalue weighted by Crippen LogP contribution is 2.38. The summed E-state index contributed by atoms with van der Waals surface area (Å²) < 4.78 is 24.0. The van der Waals surface area contributed by atoms with Crippen LogP contribution in [0.5, 0.6) is 17.2 Å². The van der Waals surface area contributed by atoms with Crippen molar-refractivity contribution in [2.45, 2.75) is 122 Å². The largest absolute Gasteiger partial charge is 0.494 e. The van der Waals surface area contributed by atoms with Crippen molar-refractivity contribution in [3.8, 4) is 17.2 Å². The number of unbranched alkanes of at least 4 members (excludes halogenated alkanes) is 3. The number of rotatable bonds is 18. The molecule has 0 spiro atoms. The summed E-state index contributed by atoms with van der Waals surface area (Å²) in [6.07, 6.45) is 19.3. The maximum absolute atomic E-state index is 6.19. The average molecular weight is 565 g/mol. The Bertz CT molecular complexity index is 924. The van der Waals surface area contributed by atoms with Crippen LogP contribution in [0.2, 0.25) is 0 Å². The van der Waals surface area contributed by atoms with Gasteiger partial charge in [0, 0.05) is 6.42 Å². The number of ether oxygens (including phenoxy) is 4. The predicted octanol–water partition coefficient (Wildman–Crippen LogP) is 10.1. The van der Waals surface area contributed by atoms with Gasteiger partial charge in [-0.2, -0.15) is 0 Å². The second-order valence-corrected chi connectivity index (χ2v) is 12.5. The maximum Gasteiger partial charge on any atom is 0.119 e. The molecule has 2 fully saturated rings. The Morgan fingerprint density at radius 3 is 1.73 bits per heavy atom. The van der Waals surface area contributed by atoms with E-state index in [1.54, 1.807) is 0 Å². The van der Waals surface area contributed by atoms with Crippen LogP contribution >= 0.6 is 0 Å². The summed E-state index contributed by atoms with van der Waals surface area (Å²) in [4.78, 5) is 0. The van der Waals surface area contributed by atoms with Gasteiger partial charge in [-0.05, 0) is 118 Å². The van der Waals surface area contributed by atoms with E-state index in [1.165, 1.54) is 69.8 Å². The summed E-state index contributed by atoms with van der Waals surface area (Å²) in [6, 6.07) is 17.0. The molecule has 2 aliphatic rings. The first kappa shape index (κ1) is 31.7. The Kier molecular flexibility index (Phi) is 14.2. The Morgan fingerprint density at radius 1 is 0.537 bits per heavy atom. The fourth-order valence-electron chi connectivity index (χ4n) is 6.45. The van der Waals surface area contributed by atoms with Crippen molar-refractivity contribution in [3.05, 3.63) is 54.1 Å². The SMILES string of the molecule is CCCCCC1CCC(c2ccc(OCCCOC3CCC(COc4ccc(OCCCC)cc4)CC3)cc2)CC1. The highest BCUT2D eigenvalue weighted by Gasteiger charge is 2.23. The number of hydrogen-bond donors (Lipinski definition) is 0. The van der Waals surface area contributed by atoms with Gasteiger partial charge in [-0.25, -0.2) is 0 Å². The van der Waals surface area contributed by atoms with Crippen LogP contribution in [0.4, 0.5) is 0 Å². The molecule has 2 saturated carbocycles. The topological polar surface area (TPSA) is 36.9 Å². The van der Waals surface area contributed by atoms with Gasteiger partial charge >= 0.3 is 0 Å². The molecule has 0 N–H and O–H groups in total. The van der Waals surface area contributed by atoms with Crippen molar-refractivity contribution in [2.24, 2.45) is 11.8 Å². The molecule has 0 aliphatic heterocycles. The van der Waals surface area contributed by atoms with E-state index in [0.29, 0.717) is 18.6 Å². The van der Waals surface area contributed by atoms with E-state index in [1.807, 2.05) is 24.3 Å². The molecule has 0 bridgehead atoms. The third-order valence-electron chi connectivity index (χ3n) is 9.19. The van der Waals surface area contributed by atoms with E-state index in [2.05, 4.69) is 38.1 Å². The summed E-state index contributed by atoms with van der Waals surface area (Å²) >= 11 is 0. The van der Waals surface area contributed by atoms with Crippen molar-refractivity contribution in [1.82, 2.24) is 0 Å². The fraction of sp³-hybridized carbons (Fsp3) is 0.676. The van der Waals surface area contributed by atoms with Gasteiger partial charge in [-0.3, -0.25) is 0 Å². The molecule has 2 aliphatic carbocycles. The van der Waals surface area contributed by atoms with Crippen LogP contribution in [0.25, 0.3) is 0 Å². The molecule has 228 valence electrons. The molecule has 4 heteroatoms. The van der Waals surface area contributed by atoms with Gasteiger partial charge in [0.05, 0.1) is 32.5 Å². The average Bonchev–Trinajstić information content (AvgIpc) is 3.02. The molecule has 0 heterocycles. The second kappa shape index (κ2) is 18.4. The minimum atomic E-state index is 0.381. The Morgan fingerprint density at radius 2 is 1.10 bits per heavy atom. The maximum atomic E-state index is 6.19. The van der Waals surface area contributed by atoms with Gasteiger partial charge in [0.15, 0.2) is 0 Å². The predicted molar refractivity (Wildman–Crippen MR) is 169 cm³/mol. The lowest BCUT2D eigenvalue weighted by atomic mass is 9.77. The summed E-state index contributed by atoms with van der Waals surface area (Å²) in [7, 11) is 0. The summed E-state index contributed by atoms with van der Waals surface area (Å²) in [5.41, 5.74) is 1.50. The van der Waals surface area contributed by atoms with E-state index < -0.39 is 0 Å². The fourth-order valence-corrected chi connectivity index (χ4v) is 6.45. The van der Waals surface area contributed by atoms with Crippen molar-refractivity contribution in [1.29, 1.82) is 0 Å². The number of hydrogen-bond acceptors (Lipinski definition) is 4. The van der Waals surface area contributed by atoms with Gasteiger partial charge in [-0.15, -0.1) is 0 Å². The summed E-state index contributed by atoms with van der Waals surface area (Å²) in [5.74, 6) is 5.16. The molecule has 2 aromatic rings. The van der Waals surface area contributed by atoms with Crippen LogP contribution < -0.4 is 14.2 Å². The normalized spacial score (nSPS) is 22.8. The van der Waals surface area contributed by atoms with E-state index in [-0.39, 0.29) is 0 Å². The second-order valence-electron chi connectivity index (χ2n) is 12.5. The molecule has 2 aromatic carbocycles. The van der Waals surface area contributed by atoms with Crippen molar-refractivity contribution in [2.75, 3.05) is 26.4 Å². The summed E-state index contributed by atoms with van der Waals surface area (Å²) in [5, 5.41) is 0. The summed E-state index contributed by atoms with van der Waals surface area (Å²) in [6.45, 7) is 7.54. The first-order chi connectivity index (χ1) is 20.2. The van der Waals surface area contributed by atoms with Crippen molar-refractivity contribution in [3.63, 3.8) is 0 Å². The highest BCUT2D eigenvalue weighted by atomic mass is 16.5. The number of benzene rings is 2. The lowest BCUT2D eigenvalue weighted by Crippen LogP contribution is -2.25. The third kappa shape index (κ3) is 11.5. The molecule has 41 heavy (non-hydrogen) atoms. The lowest BCUT2D eigenvalue weighted by Gasteiger charge is -2.29. The van der Waals surface area contributed by atoms with Crippen LogP contribution in [0, 0.1) is 11.8 Å². The van der Waals surface area contributed by atoms with Crippen LogP contribution in [0.1, 0.15) is 122 Å². The highest BCUT2D eigenvalue weighted by molar-refractivity contribution is 5.31. The lowest BCUT2D eigenvalue weighted by molar-refractivity contribution is 0.00817. The Labute approximate surface area is 250 Å². The van der Waals surface area contributed by atoms with E-state index in [9.17, 15) is 0 Å². The van der Waals surface area contributed by atoms with Crippen LogP contribution in [0.15, 0.2) is 48.5 Å². The van der Waals surface area contributed by atoms with Gasteiger partial charge in [-0.1, -0.05) is 58.1 Å². The molecule has 4 nitrogen and oxygen atoms in total. The molecular weight excluding hydrogens is 508 g/mol. The standard InChI is InChI=1S/C37H56O4/c1-3-5-7-9-30-10-14-32(15-11-30)33-16-20-35(21-17-33)40-28-8-27-39-34-18-12-31(13-19-34)29-41-37-24-22-36(23-25-37)38-26-6-4-2/h16-17,20-25,30-32,34H,3-15,18-19,26-29H2,1-2H3. The first-order valence-corrected chi connectivity index (χ1v) is 16.9. The Hall–Kier alpha value is -2.20. The van der Waals surface area contributed by atoms with Crippen molar-refractivity contribution < 1.29 is 18.9 Å². The molecule has 0 aromatic heterocycles. The third-order valence-corrected chi connectivity index (χ3v) is 9.19. The zero-order valence-corrected chi connectivity index (χ0v) is 26.0. The zero-order chi connectivity index (χ0) is 28.5. The van der Waals surface area contributed by atoms with Gasteiger partial charge in [0.25, 0.3) is 0 Å².